The fraction of sp³-hybridized carbons (Fsp3) is 0.250. The van der Waals surface area contributed by atoms with Gasteiger partial charge in [0.1, 0.15) is 17.6 Å². The number of fused-ring (bicyclic) bond motifs is 1. The number of methoxy groups -OCH3 is 1. The number of hydrogen-bond donors (Lipinski definition) is 3. The van der Waals surface area contributed by atoms with Crippen molar-refractivity contribution in [2.45, 2.75) is 18.5 Å². The summed E-state index contributed by atoms with van der Waals surface area (Å²) < 4.78 is 4.81. The zero-order chi connectivity index (χ0) is 19.7. The molecule has 4 rings (SSSR count). The number of para-hydroxylation sites is 1. The van der Waals surface area contributed by atoms with Gasteiger partial charge in [-0.25, -0.2) is 9.97 Å². The third-order valence-corrected chi connectivity index (χ3v) is 5.00. The quantitative estimate of drug-likeness (QED) is 0.581. The van der Waals surface area contributed by atoms with E-state index in [9.17, 15) is 9.90 Å². The van der Waals surface area contributed by atoms with E-state index < -0.39 is 0 Å². The summed E-state index contributed by atoms with van der Waals surface area (Å²) in [6.07, 6.45) is 0.586. The fourth-order valence-corrected chi connectivity index (χ4v) is 3.53. The normalized spacial score (nSPS) is 18.9. The molecule has 7 nitrogen and oxygen atoms in total. The molecule has 28 heavy (non-hydrogen) atoms. The minimum Gasteiger partial charge on any atom is -0.507 e. The Hall–Kier alpha value is -2.90. The zero-order valence-corrected chi connectivity index (χ0v) is 15.9. The molecule has 1 aromatic heterocycles. The van der Waals surface area contributed by atoms with Crippen LogP contribution < -0.4 is 10.6 Å². The summed E-state index contributed by atoms with van der Waals surface area (Å²) in [6, 6.07) is 12.0. The van der Waals surface area contributed by atoms with Crippen LogP contribution in [0.25, 0.3) is 22.3 Å². The summed E-state index contributed by atoms with van der Waals surface area (Å²) >= 11 is 6.09. The van der Waals surface area contributed by atoms with Crippen molar-refractivity contribution >= 4 is 34.3 Å². The number of benzene rings is 2. The maximum atomic E-state index is 11.8. The van der Waals surface area contributed by atoms with Crippen molar-refractivity contribution in [1.29, 1.82) is 0 Å². The molecule has 1 aliphatic heterocycles. The first kappa shape index (κ1) is 18.5. The first-order chi connectivity index (χ1) is 13.5. The summed E-state index contributed by atoms with van der Waals surface area (Å²) in [5, 5.41) is 18.1. The van der Waals surface area contributed by atoms with Gasteiger partial charge in [-0.05, 0) is 36.8 Å². The molecule has 2 atom stereocenters. The molecule has 8 heteroatoms. The van der Waals surface area contributed by atoms with Gasteiger partial charge in [0, 0.05) is 23.0 Å². The molecule has 0 spiro atoms. The molecule has 144 valence electrons. The molecular formula is C20H19ClN4O3. The van der Waals surface area contributed by atoms with Crippen molar-refractivity contribution in [3.05, 3.63) is 47.5 Å². The van der Waals surface area contributed by atoms with Gasteiger partial charge in [0.05, 0.1) is 18.2 Å². The molecule has 2 heterocycles. The SMILES string of the molecule is COC(=O)[C@H]1CC(Nc2nc(-c3cc(Cl)ccc3O)nc3ccccc23)CN1. The molecule has 2 aromatic carbocycles. The molecule has 0 radical (unpaired) electrons. The second-order valence-corrected chi connectivity index (χ2v) is 7.07. The zero-order valence-electron chi connectivity index (χ0n) is 15.1. The van der Waals surface area contributed by atoms with Crippen molar-refractivity contribution in [2.75, 3.05) is 19.0 Å². The lowest BCUT2D eigenvalue weighted by Crippen LogP contribution is -2.31. The molecular weight excluding hydrogens is 380 g/mol. The number of hydrogen-bond acceptors (Lipinski definition) is 7. The van der Waals surface area contributed by atoms with Crippen LogP contribution in [-0.2, 0) is 9.53 Å². The summed E-state index contributed by atoms with van der Waals surface area (Å²) in [5.74, 6) is 0.786. The number of aromatic nitrogens is 2. The Morgan fingerprint density at radius 3 is 2.93 bits per heavy atom. The van der Waals surface area contributed by atoms with E-state index in [4.69, 9.17) is 16.3 Å². The standard InChI is InChI=1S/C20H19ClN4O3/c1-28-20(27)16-9-12(10-22-16)23-18-13-4-2-3-5-15(13)24-19(25-18)14-8-11(21)6-7-17(14)26/h2-8,12,16,22,26H,9-10H2,1H3,(H,23,24,25)/t12?,16-/m1/s1. The monoisotopic (exact) mass is 398 g/mol. The van der Waals surface area contributed by atoms with Gasteiger partial charge in [-0.3, -0.25) is 4.79 Å². The second-order valence-electron chi connectivity index (χ2n) is 6.64. The predicted molar refractivity (Wildman–Crippen MR) is 107 cm³/mol. The van der Waals surface area contributed by atoms with Crippen molar-refractivity contribution in [1.82, 2.24) is 15.3 Å². The van der Waals surface area contributed by atoms with E-state index >= 15 is 0 Å². The number of aromatic hydroxyl groups is 1. The molecule has 3 aromatic rings. The Labute approximate surface area is 166 Å². The van der Waals surface area contributed by atoms with Crippen molar-refractivity contribution < 1.29 is 14.6 Å². The van der Waals surface area contributed by atoms with E-state index in [1.807, 2.05) is 24.3 Å². The minimum absolute atomic E-state index is 0.00298. The number of phenols is 1. The molecule has 0 saturated carbocycles. The maximum absolute atomic E-state index is 11.8. The Balaban J connectivity index is 1.71. The fourth-order valence-electron chi connectivity index (χ4n) is 3.36. The lowest BCUT2D eigenvalue weighted by molar-refractivity contribution is -0.142. The Bertz CT molecular complexity index is 1040. The molecule has 0 amide bonds. The van der Waals surface area contributed by atoms with Crippen LogP contribution in [-0.4, -0.2) is 46.8 Å². The third kappa shape index (κ3) is 3.58. The molecule has 0 aliphatic carbocycles. The van der Waals surface area contributed by atoms with Gasteiger partial charge in [0.25, 0.3) is 0 Å². The molecule has 0 bridgehead atoms. The highest BCUT2D eigenvalue weighted by molar-refractivity contribution is 6.30. The van der Waals surface area contributed by atoms with Crippen molar-refractivity contribution in [3.63, 3.8) is 0 Å². The Kier molecular flexibility index (Phi) is 5.02. The first-order valence-corrected chi connectivity index (χ1v) is 9.26. The molecule has 1 saturated heterocycles. The van der Waals surface area contributed by atoms with Crippen LogP contribution in [0.4, 0.5) is 5.82 Å². The number of halogens is 1. The van der Waals surface area contributed by atoms with Crippen LogP contribution in [0.15, 0.2) is 42.5 Å². The maximum Gasteiger partial charge on any atom is 0.322 e. The summed E-state index contributed by atoms with van der Waals surface area (Å²) in [6.45, 7) is 0.607. The lowest BCUT2D eigenvalue weighted by atomic mass is 10.1. The topological polar surface area (TPSA) is 96.4 Å². The van der Waals surface area contributed by atoms with E-state index in [0.29, 0.717) is 35.2 Å². The van der Waals surface area contributed by atoms with E-state index in [1.165, 1.54) is 13.2 Å². The molecule has 1 unspecified atom stereocenters. The highest BCUT2D eigenvalue weighted by Gasteiger charge is 2.30. The summed E-state index contributed by atoms with van der Waals surface area (Å²) in [7, 11) is 1.38. The first-order valence-electron chi connectivity index (χ1n) is 8.88. The third-order valence-electron chi connectivity index (χ3n) is 4.76. The molecule has 3 N–H and O–H groups in total. The summed E-state index contributed by atoms with van der Waals surface area (Å²) in [4.78, 5) is 21.0. The molecule has 1 aliphatic rings. The minimum atomic E-state index is -0.341. The van der Waals surface area contributed by atoms with Crippen LogP contribution in [0, 0.1) is 0 Å². The van der Waals surface area contributed by atoms with Gasteiger partial charge >= 0.3 is 5.97 Å². The number of anilines is 1. The number of phenolic OH excluding ortho intramolecular Hbond substituents is 1. The van der Waals surface area contributed by atoms with Crippen LogP contribution >= 0.6 is 11.6 Å². The van der Waals surface area contributed by atoms with Crippen LogP contribution in [0.1, 0.15) is 6.42 Å². The number of esters is 1. The largest absolute Gasteiger partial charge is 0.507 e. The molecule has 1 fully saturated rings. The number of nitrogens with one attached hydrogen (secondary N) is 2. The predicted octanol–water partition coefficient (Wildman–Crippen LogP) is 2.97. The Morgan fingerprint density at radius 2 is 2.11 bits per heavy atom. The number of nitrogens with zero attached hydrogens (tertiary/aromatic N) is 2. The highest BCUT2D eigenvalue weighted by atomic mass is 35.5. The van der Waals surface area contributed by atoms with Gasteiger partial charge in [0.2, 0.25) is 0 Å². The van der Waals surface area contributed by atoms with Crippen LogP contribution in [0.2, 0.25) is 5.02 Å². The Morgan fingerprint density at radius 1 is 1.29 bits per heavy atom. The summed E-state index contributed by atoms with van der Waals surface area (Å²) in [5.41, 5.74) is 1.20. The number of ether oxygens (including phenoxy) is 1. The van der Waals surface area contributed by atoms with Crippen LogP contribution in [0.5, 0.6) is 5.75 Å². The van der Waals surface area contributed by atoms with Crippen molar-refractivity contribution in [3.8, 4) is 17.1 Å². The van der Waals surface area contributed by atoms with E-state index in [-0.39, 0.29) is 23.8 Å². The average Bonchev–Trinajstić information content (AvgIpc) is 3.17. The van der Waals surface area contributed by atoms with Gasteiger partial charge in [-0.15, -0.1) is 0 Å². The van der Waals surface area contributed by atoms with Gasteiger partial charge in [0.15, 0.2) is 5.82 Å². The number of carbonyl (C=O) groups excluding carboxylic acids is 1. The highest BCUT2D eigenvalue weighted by Crippen LogP contribution is 2.32. The van der Waals surface area contributed by atoms with E-state index in [2.05, 4.69) is 20.6 Å². The van der Waals surface area contributed by atoms with E-state index in [1.54, 1.807) is 12.1 Å². The van der Waals surface area contributed by atoms with Crippen molar-refractivity contribution in [2.24, 2.45) is 0 Å². The van der Waals surface area contributed by atoms with Crippen LogP contribution in [0.3, 0.4) is 0 Å². The second kappa shape index (κ2) is 7.61. The van der Waals surface area contributed by atoms with Gasteiger partial charge in [-0.2, -0.15) is 0 Å². The lowest BCUT2D eigenvalue weighted by Gasteiger charge is -2.16. The smallest absolute Gasteiger partial charge is 0.322 e. The number of carbonyl (C=O) groups is 1. The van der Waals surface area contributed by atoms with Gasteiger partial charge in [-0.1, -0.05) is 23.7 Å². The van der Waals surface area contributed by atoms with E-state index in [0.717, 1.165) is 10.9 Å². The van der Waals surface area contributed by atoms with Gasteiger partial charge < -0.3 is 20.5 Å². The average molecular weight is 399 g/mol. The number of rotatable bonds is 4.